The van der Waals surface area contributed by atoms with E-state index in [-0.39, 0.29) is 28.8 Å². The number of rotatable bonds is 12. The fraction of sp³-hybridized carbons (Fsp3) is 0.321. The van der Waals surface area contributed by atoms with Crippen LogP contribution in [0.1, 0.15) is 23.2 Å². The van der Waals surface area contributed by atoms with Crippen LogP contribution in [0.15, 0.2) is 76.5 Å². The first-order valence-corrected chi connectivity index (χ1v) is 15.8. The summed E-state index contributed by atoms with van der Waals surface area (Å²) < 4.78 is 70.2. The smallest absolute Gasteiger partial charge is 0.264 e. The highest BCUT2D eigenvalue weighted by Gasteiger charge is 2.27. The van der Waals surface area contributed by atoms with Gasteiger partial charge in [-0.2, -0.15) is 4.31 Å². The van der Waals surface area contributed by atoms with E-state index in [1.165, 1.54) is 68.0 Å². The van der Waals surface area contributed by atoms with Gasteiger partial charge >= 0.3 is 0 Å². The third kappa shape index (κ3) is 6.75. The molecule has 41 heavy (non-hydrogen) atoms. The van der Waals surface area contributed by atoms with Crippen molar-refractivity contribution in [3.8, 4) is 17.2 Å². The Labute approximate surface area is 240 Å². The van der Waals surface area contributed by atoms with Gasteiger partial charge in [-0.15, -0.1) is 0 Å². The van der Waals surface area contributed by atoms with E-state index in [1.54, 1.807) is 24.3 Å². The zero-order chi connectivity index (χ0) is 29.6. The van der Waals surface area contributed by atoms with E-state index in [0.717, 1.165) is 17.1 Å². The van der Waals surface area contributed by atoms with Crippen molar-refractivity contribution in [1.82, 2.24) is 9.62 Å². The number of benzene rings is 3. The number of hydrogen-bond donors (Lipinski definition) is 1. The summed E-state index contributed by atoms with van der Waals surface area (Å²) in [5.74, 6) is 0.844. The van der Waals surface area contributed by atoms with Crippen LogP contribution < -0.4 is 23.8 Å². The summed E-state index contributed by atoms with van der Waals surface area (Å²) in [4.78, 5) is 12.8. The lowest BCUT2D eigenvalue weighted by Gasteiger charge is -2.20. The molecule has 0 unspecified atom stereocenters. The maximum absolute atomic E-state index is 13.1. The number of carbonyl (C=O) groups is 1. The normalized spacial score (nSPS) is 13.9. The number of carbonyl (C=O) groups excluding carboxylic acids is 1. The van der Waals surface area contributed by atoms with Crippen molar-refractivity contribution in [3.05, 3.63) is 72.3 Å². The van der Waals surface area contributed by atoms with Crippen LogP contribution in [0, 0.1) is 0 Å². The third-order valence-electron chi connectivity index (χ3n) is 6.69. The van der Waals surface area contributed by atoms with Crippen molar-refractivity contribution in [3.63, 3.8) is 0 Å². The van der Waals surface area contributed by atoms with Gasteiger partial charge in [0.05, 0.1) is 36.2 Å². The van der Waals surface area contributed by atoms with E-state index in [0.29, 0.717) is 41.6 Å². The van der Waals surface area contributed by atoms with Gasteiger partial charge in [0.1, 0.15) is 12.4 Å². The second kappa shape index (κ2) is 12.8. The molecule has 1 heterocycles. The Kier molecular flexibility index (Phi) is 9.41. The zero-order valence-electron chi connectivity index (χ0n) is 23.1. The molecule has 11 nitrogen and oxygen atoms in total. The van der Waals surface area contributed by atoms with E-state index in [4.69, 9.17) is 14.2 Å². The van der Waals surface area contributed by atoms with Crippen LogP contribution in [-0.2, 0) is 20.0 Å². The Morgan fingerprint density at radius 1 is 0.854 bits per heavy atom. The first kappa shape index (κ1) is 30.2. The second-order valence-corrected chi connectivity index (χ2v) is 13.1. The van der Waals surface area contributed by atoms with Gasteiger partial charge in [0.2, 0.25) is 10.0 Å². The molecule has 1 fully saturated rings. The molecule has 0 radical (unpaired) electrons. The SMILES string of the molecule is COc1ccc(S(=O)(=O)N(C)c2ccc(C(=O)NCCOc3ccc(S(=O)(=O)N4CCCC4)cc3)cc2)cc1OC. The molecule has 1 aliphatic rings. The molecule has 1 saturated heterocycles. The minimum atomic E-state index is -3.90. The predicted molar refractivity (Wildman–Crippen MR) is 154 cm³/mol. The van der Waals surface area contributed by atoms with Gasteiger partial charge in [-0.3, -0.25) is 9.10 Å². The number of sulfonamides is 2. The average Bonchev–Trinajstić information content (AvgIpc) is 3.55. The summed E-state index contributed by atoms with van der Waals surface area (Å²) in [6, 6.07) is 16.7. The zero-order valence-corrected chi connectivity index (χ0v) is 24.7. The first-order chi connectivity index (χ1) is 19.6. The lowest BCUT2D eigenvalue weighted by molar-refractivity contribution is 0.0947. The topological polar surface area (TPSA) is 132 Å². The molecule has 0 aliphatic carbocycles. The molecule has 1 aliphatic heterocycles. The molecule has 1 N–H and O–H groups in total. The van der Waals surface area contributed by atoms with Crippen LogP contribution in [0.5, 0.6) is 17.2 Å². The molecule has 0 atom stereocenters. The van der Waals surface area contributed by atoms with Gasteiger partial charge in [-0.05, 0) is 73.5 Å². The molecule has 0 bridgehead atoms. The van der Waals surface area contributed by atoms with E-state index in [1.807, 2.05) is 0 Å². The minimum absolute atomic E-state index is 0.0299. The average molecular weight is 604 g/mol. The molecule has 4 rings (SSSR count). The Morgan fingerprint density at radius 2 is 1.46 bits per heavy atom. The van der Waals surface area contributed by atoms with Crippen LogP contribution in [-0.4, -0.2) is 74.6 Å². The van der Waals surface area contributed by atoms with Gasteiger partial charge in [0, 0.05) is 31.8 Å². The molecule has 0 saturated carbocycles. The van der Waals surface area contributed by atoms with Crippen LogP contribution >= 0.6 is 0 Å². The van der Waals surface area contributed by atoms with Crippen molar-refractivity contribution in [2.75, 3.05) is 51.8 Å². The third-order valence-corrected chi connectivity index (χ3v) is 10.4. The summed E-state index contributed by atoms with van der Waals surface area (Å²) in [6.45, 7) is 1.46. The molecule has 220 valence electrons. The van der Waals surface area contributed by atoms with Crippen molar-refractivity contribution < 1.29 is 35.8 Å². The molecule has 13 heteroatoms. The second-order valence-electron chi connectivity index (χ2n) is 9.22. The molecule has 0 aromatic heterocycles. The number of ether oxygens (including phenoxy) is 3. The van der Waals surface area contributed by atoms with Crippen LogP contribution in [0.4, 0.5) is 5.69 Å². The van der Waals surface area contributed by atoms with Crippen molar-refractivity contribution >= 4 is 31.6 Å². The number of nitrogens with zero attached hydrogens (tertiary/aromatic N) is 2. The fourth-order valence-electron chi connectivity index (χ4n) is 4.32. The Hall–Kier alpha value is -3.81. The summed E-state index contributed by atoms with van der Waals surface area (Å²) in [6.07, 6.45) is 1.74. The number of nitrogens with one attached hydrogen (secondary N) is 1. The van der Waals surface area contributed by atoms with Crippen molar-refractivity contribution in [2.24, 2.45) is 0 Å². The Bertz CT molecular complexity index is 1570. The molecule has 3 aromatic rings. The molecule has 0 spiro atoms. The first-order valence-electron chi connectivity index (χ1n) is 12.9. The molecule has 1 amide bonds. The number of amides is 1. The number of methoxy groups -OCH3 is 2. The molecular formula is C28H33N3O8S2. The molecular weight excluding hydrogens is 570 g/mol. The van der Waals surface area contributed by atoms with Crippen LogP contribution in [0.2, 0.25) is 0 Å². The number of anilines is 1. The summed E-state index contributed by atoms with van der Waals surface area (Å²) in [5, 5.41) is 2.75. The molecule has 3 aromatic carbocycles. The maximum atomic E-state index is 13.1. The summed E-state index contributed by atoms with van der Waals surface area (Å²) in [5.41, 5.74) is 0.719. The van der Waals surface area contributed by atoms with Gasteiger partial charge in [-0.25, -0.2) is 16.8 Å². The number of hydrogen-bond acceptors (Lipinski definition) is 8. The van der Waals surface area contributed by atoms with E-state index in [2.05, 4.69) is 5.32 Å². The summed E-state index contributed by atoms with van der Waals surface area (Å²) in [7, 11) is -3.07. The van der Waals surface area contributed by atoms with Gasteiger partial charge in [0.25, 0.3) is 15.9 Å². The fourth-order valence-corrected chi connectivity index (χ4v) is 7.05. The van der Waals surface area contributed by atoms with Crippen molar-refractivity contribution in [1.29, 1.82) is 0 Å². The van der Waals surface area contributed by atoms with Crippen molar-refractivity contribution in [2.45, 2.75) is 22.6 Å². The largest absolute Gasteiger partial charge is 0.493 e. The lowest BCUT2D eigenvalue weighted by Crippen LogP contribution is -2.29. The van der Waals surface area contributed by atoms with E-state index >= 15 is 0 Å². The lowest BCUT2D eigenvalue weighted by atomic mass is 10.2. The Morgan fingerprint density at radius 3 is 2.07 bits per heavy atom. The van der Waals surface area contributed by atoms with Gasteiger partial charge < -0.3 is 19.5 Å². The van der Waals surface area contributed by atoms with E-state index in [9.17, 15) is 21.6 Å². The highest BCUT2D eigenvalue weighted by atomic mass is 32.2. The quantitative estimate of drug-likeness (QED) is 0.313. The van der Waals surface area contributed by atoms with Crippen LogP contribution in [0.25, 0.3) is 0 Å². The minimum Gasteiger partial charge on any atom is -0.493 e. The highest BCUT2D eigenvalue weighted by Crippen LogP contribution is 2.31. The maximum Gasteiger partial charge on any atom is 0.264 e. The Balaban J connectivity index is 1.29. The monoisotopic (exact) mass is 603 g/mol. The summed E-state index contributed by atoms with van der Waals surface area (Å²) >= 11 is 0. The van der Waals surface area contributed by atoms with Gasteiger partial charge in [0.15, 0.2) is 11.5 Å². The van der Waals surface area contributed by atoms with Gasteiger partial charge in [-0.1, -0.05) is 0 Å². The highest BCUT2D eigenvalue weighted by molar-refractivity contribution is 7.92. The standard InChI is InChI=1S/C28H33N3O8S2/c1-30(40(33,34)25-14-15-26(37-2)27(20-25)38-3)22-8-6-21(7-9-22)28(32)29-16-19-39-23-10-12-24(13-11-23)41(35,36)31-17-4-5-18-31/h6-15,20H,4-5,16-19H2,1-3H3,(H,29,32). The predicted octanol–water partition coefficient (Wildman–Crippen LogP) is 3.12. The van der Waals surface area contributed by atoms with E-state index < -0.39 is 20.0 Å². The van der Waals surface area contributed by atoms with Crippen LogP contribution in [0.3, 0.4) is 0 Å².